The van der Waals surface area contributed by atoms with Gasteiger partial charge in [-0.15, -0.1) is 16.4 Å². The number of aromatic nitrogens is 3. The van der Waals surface area contributed by atoms with E-state index in [-0.39, 0.29) is 23.5 Å². The number of amides is 1. The van der Waals surface area contributed by atoms with Crippen LogP contribution in [0.4, 0.5) is 4.39 Å². The van der Waals surface area contributed by atoms with Crippen LogP contribution in [0.2, 0.25) is 0 Å². The first-order valence-electron chi connectivity index (χ1n) is 9.83. The van der Waals surface area contributed by atoms with Crippen molar-refractivity contribution in [3.63, 3.8) is 0 Å². The molecule has 2 atom stereocenters. The lowest BCUT2D eigenvalue weighted by Gasteiger charge is -2.23. The van der Waals surface area contributed by atoms with Crippen molar-refractivity contribution in [3.8, 4) is 0 Å². The van der Waals surface area contributed by atoms with Crippen LogP contribution in [-0.2, 0) is 22.6 Å². The van der Waals surface area contributed by atoms with Gasteiger partial charge in [0.05, 0.1) is 31.9 Å². The number of carbonyl (C=O) groups is 2. The molecule has 0 bridgehead atoms. The second-order valence-electron chi connectivity index (χ2n) is 7.30. The Morgan fingerprint density at radius 3 is 2.87 bits per heavy atom. The van der Waals surface area contributed by atoms with Crippen molar-refractivity contribution in [3.05, 3.63) is 69.9 Å². The lowest BCUT2D eigenvalue weighted by atomic mass is 10.1. The Morgan fingerprint density at radius 2 is 2.13 bits per heavy atom. The molecule has 0 spiro atoms. The highest BCUT2D eigenvalue weighted by molar-refractivity contribution is 7.09. The highest BCUT2D eigenvalue weighted by atomic mass is 32.1. The second-order valence-corrected chi connectivity index (χ2v) is 8.33. The lowest BCUT2D eigenvalue weighted by molar-refractivity contribution is -0.125. The normalized spacial score (nSPS) is 18.8. The van der Waals surface area contributed by atoms with Crippen molar-refractivity contribution in [1.29, 1.82) is 0 Å². The number of hydrogen-bond acceptors (Lipinski definition) is 7. The van der Waals surface area contributed by atoms with E-state index in [9.17, 15) is 14.0 Å². The molecule has 1 aromatic carbocycles. The number of hydrogen-bond donors (Lipinski definition) is 1. The Bertz CT molecular complexity index is 1050. The van der Waals surface area contributed by atoms with Crippen LogP contribution in [0.1, 0.15) is 33.4 Å². The lowest BCUT2D eigenvalue weighted by Crippen LogP contribution is -2.42. The molecular formula is C21H22FN5O3S. The smallest absolute Gasteiger partial charge is 0.360 e. The van der Waals surface area contributed by atoms with Crippen molar-refractivity contribution >= 4 is 23.2 Å². The Kier molecular flexibility index (Phi) is 6.38. The van der Waals surface area contributed by atoms with Gasteiger partial charge in [-0.1, -0.05) is 29.5 Å². The fourth-order valence-corrected chi connectivity index (χ4v) is 4.37. The Labute approximate surface area is 182 Å². The highest BCUT2D eigenvalue weighted by Crippen LogP contribution is 2.29. The van der Waals surface area contributed by atoms with Gasteiger partial charge in [0.15, 0.2) is 5.69 Å². The minimum atomic E-state index is -0.572. The second kappa shape index (κ2) is 9.36. The minimum absolute atomic E-state index is 0.105. The zero-order valence-electron chi connectivity index (χ0n) is 16.9. The first kappa shape index (κ1) is 21.1. The summed E-state index contributed by atoms with van der Waals surface area (Å²) in [6, 6.07) is 9.79. The van der Waals surface area contributed by atoms with Crippen molar-refractivity contribution in [2.75, 3.05) is 13.7 Å². The molecule has 1 fully saturated rings. The van der Waals surface area contributed by atoms with Crippen molar-refractivity contribution in [2.24, 2.45) is 0 Å². The Morgan fingerprint density at radius 1 is 1.29 bits per heavy atom. The number of carbonyl (C=O) groups excluding carboxylic acids is 2. The molecule has 1 aliphatic heterocycles. The van der Waals surface area contributed by atoms with Crippen LogP contribution in [0.15, 0.2) is 48.0 Å². The summed E-state index contributed by atoms with van der Waals surface area (Å²) >= 11 is 1.57. The summed E-state index contributed by atoms with van der Waals surface area (Å²) < 4.78 is 20.5. The number of thiophene rings is 1. The molecule has 10 heteroatoms. The number of likely N-dealkylation sites (tertiary alicyclic amines) is 1. The van der Waals surface area contributed by atoms with Gasteiger partial charge in [0, 0.05) is 23.5 Å². The van der Waals surface area contributed by atoms with Crippen molar-refractivity contribution < 1.29 is 18.7 Å². The number of nitrogens with zero attached hydrogens (tertiary/aromatic N) is 4. The molecule has 1 N–H and O–H groups in total. The fraction of sp³-hybridized carbons (Fsp3) is 0.333. The monoisotopic (exact) mass is 443 g/mol. The Hall–Kier alpha value is -3.11. The largest absolute Gasteiger partial charge is 0.464 e. The number of nitrogens with one attached hydrogen (secondary N) is 1. The summed E-state index contributed by atoms with van der Waals surface area (Å²) in [5.74, 6) is -1.00. The standard InChI is InChI=1S/C21H22FN5O3S/c1-30-21(29)18-13-27(25-24-18)15-9-19(20(28)23-10-16-6-4-8-31-16)26(12-15)11-14-5-2-3-7-17(14)22/h2-8,13,15,19H,9-12H2,1H3,(H,23,28)/t15-,19+/m1/s1. The van der Waals surface area contributed by atoms with E-state index in [1.165, 1.54) is 19.4 Å². The van der Waals surface area contributed by atoms with Crippen molar-refractivity contribution in [2.45, 2.75) is 31.6 Å². The molecule has 31 heavy (non-hydrogen) atoms. The van der Waals surface area contributed by atoms with Gasteiger partial charge in [0.2, 0.25) is 5.91 Å². The molecule has 2 aromatic heterocycles. The van der Waals surface area contributed by atoms with Crippen molar-refractivity contribution in [1.82, 2.24) is 25.2 Å². The van der Waals surface area contributed by atoms with Crippen LogP contribution in [0.3, 0.4) is 0 Å². The molecule has 1 amide bonds. The molecule has 3 aromatic rings. The van der Waals surface area contributed by atoms with Gasteiger partial charge in [-0.2, -0.15) is 0 Å². The third-order valence-corrected chi connectivity index (χ3v) is 6.19. The van der Waals surface area contributed by atoms with E-state index >= 15 is 0 Å². The maximum atomic E-state index is 14.3. The van der Waals surface area contributed by atoms with E-state index in [1.54, 1.807) is 34.2 Å². The van der Waals surface area contributed by atoms with Crippen LogP contribution in [0.5, 0.6) is 0 Å². The van der Waals surface area contributed by atoms with Gasteiger partial charge in [-0.3, -0.25) is 9.69 Å². The third-order valence-electron chi connectivity index (χ3n) is 5.31. The van der Waals surface area contributed by atoms with Gasteiger partial charge in [0.1, 0.15) is 5.82 Å². The van der Waals surface area contributed by atoms with Crippen LogP contribution in [0, 0.1) is 5.82 Å². The topological polar surface area (TPSA) is 89.4 Å². The maximum absolute atomic E-state index is 14.3. The molecule has 3 heterocycles. The average molecular weight is 444 g/mol. The zero-order chi connectivity index (χ0) is 21.8. The molecular weight excluding hydrogens is 421 g/mol. The molecule has 0 aliphatic carbocycles. The summed E-state index contributed by atoms with van der Waals surface area (Å²) in [7, 11) is 1.28. The summed E-state index contributed by atoms with van der Waals surface area (Å²) in [6.07, 6.45) is 1.98. The number of ether oxygens (including phenoxy) is 1. The van der Waals surface area contributed by atoms with Crippen LogP contribution in [0.25, 0.3) is 0 Å². The zero-order valence-corrected chi connectivity index (χ0v) is 17.7. The molecule has 1 saturated heterocycles. The molecule has 0 unspecified atom stereocenters. The number of halogens is 1. The molecule has 4 rings (SSSR count). The number of methoxy groups -OCH3 is 1. The van der Waals surface area contributed by atoms with E-state index in [0.717, 1.165) is 4.88 Å². The number of rotatable bonds is 7. The first-order chi connectivity index (χ1) is 15.0. The molecule has 8 nitrogen and oxygen atoms in total. The molecule has 162 valence electrons. The summed E-state index contributed by atoms with van der Waals surface area (Å²) in [5, 5.41) is 12.8. The maximum Gasteiger partial charge on any atom is 0.360 e. The van der Waals surface area contributed by atoms with E-state index in [4.69, 9.17) is 0 Å². The predicted molar refractivity (Wildman–Crippen MR) is 112 cm³/mol. The average Bonchev–Trinajstić information content (AvgIpc) is 3.53. The van der Waals surface area contributed by atoms with Gasteiger partial charge >= 0.3 is 5.97 Å². The third kappa shape index (κ3) is 4.80. The minimum Gasteiger partial charge on any atom is -0.464 e. The highest BCUT2D eigenvalue weighted by Gasteiger charge is 2.38. The van der Waals surface area contributed by atoms with Crippen LogP contribution in [-0.4, -0.2) is 51.5 Å². The van der Waals surface area contributed by atoms with E-state index in [1.807, 2.05) is 22.4 Å². The fourth-order valence-electron chi connectivity index (χ4n) is 3.72. The van der Waals surface area contributed by atoms with Gasteiger partial charge in [-0.25, -0.2) is 13.9 Å². The quantitative estimate of drug-likeness (QED) is 0.564. The van der Waals surface area contributed by atoms with Gasteiger partial charge < -0.3 is 10.1 Å². The summed E-state index contributed by atoms with van der Waals surface area (Å²) in [6.45, 7) is 1.20. The Balaban J connectivity index is 1.52. The molecule has 0 saturated carbocycles. The van der Waals surface area contributed by atoms with E-state index < -0.39 is 12.0 Å². The first-order valence-corrected chi connectivity index (χ1v) is 10.7. The van der Waals surface area contributed by atoms with E-state index in [2.05, 4.69) is 20.4 Å². The van der Waals surface area contributed by atoms with Crippen LogP contribution < -0.4 is 5.32 Å². The number of benzene rings is 1. The SMILES string of the molecule is COC(=O)c1cn([C@@H]2C[C@@H](C(=O)NCc3cccs3)N(Cc3ccccc3F)C2)nn1. The summed E-state index contributed by atoms with van der Waals surface area (Å²) in [4.78, 5) is 27.7. The summed E-state index contributed by atoms with van der Waals surface area (Å²) in [5.41, 5.74) is 0.627. The number of esters is 1. The van der Waals surface area contributed by atoms with Gasteiger partial charge in [0.25, 0.3) is 0 Å². The van der Waals surface area contributed by atoms with E-state index in [0.29, 0.717) is 31.6 Å². The van der Waals surface area contributed by atoms with Gasteiger partial charge in [-0.05, 0) is 23.9 Å². The molecule has 1 aliphatic rings. The molecule has 0 radical (unpaired) electrons. The predicted octanol–water partition coefficient (Wildman–Crippen LogP) is 2.40. The van der Waals surface area contributed by atoms with Crippen LogP contribution >= 0.6 is 11.3 Å².